The van der Waals surface area contributed by atoms with Crippen LogP contribution in [0.25, 0.3) is 55.6 Å². The summed E-state index contributed by atoms with van der Waals surface area (Å²) < 4.78 is 20.2. The maximum atomic E-state index is 14.3. The number of rotatable bonds is 5. The van der Waals surface area contributed by atoms with E-state index >= 15 is 0 Å². The number of fused-ring (bicyclic) bond motifs is 3. The molecule has 0 fully saturated rings. The molecule has 0 aliphatic rings. The fourth-order valence-electron chi connectivity index (χ4n) is 5.47. The van der Waals surface area contributed by atoms with Crippen molar-refractivity contribution in [3.05, 3.63) is 139 Å². The van der Waals surface area contributed by atoms with Gasteiger partial charge in [0.15, 0.2) is 0 Å². The molecule has 7 aromatic rings. The minimum Gasteiger partial charge on any atom is -0.500 e. The Hall–Kier alpha value is -4.22. The molecule has 0 unspecified atom stereocenters. The van der Waals surface area contributed by atoms with Crippen LogP contribution in [0.3, 0.4) is 0 Å². The van der Waals surface area contributed by atoms with Crippen molar-refractivity contribution >= 4 is 35.2 Å². The maximum Gasteiger partial charge on any atom is 0.121 e. The van der Waals surface area contributed by atoms with Gasteiger partial charge in [0.25, 0.3) is 0 Å². The van der Waals surface area contributed by atoms with Crippen LogP contribution in [0.4, 0.5) is 4.39 Å². The van der Waals surface area contributed by atoms with Crippen LogP contribution in [-0.4, -0.2) is 18.0 Å². The molecule has 46 heavy (non-hydrogen) atoms. The van der Waals surface area contributed by atoms with Crippen LogP contribution in [0.15, 0.2) is 120 Å². The molecule has 3 heterocycles. The summed E-state index contributed by atoms with van der Waals surface area (Å²) in [5, 5.41) is 2.67. The van der Waals surface area contributed by atoms with Gasteiger partial charge in [-0.1, -0.05) is 105 Å². The summed E-state index contributed by atoms with van der Waals surface area (Å²) in [4.78, 5) is 9.13. The summed E-state index contributed by atoms with van der Waals surface area (Å²) in [7, 11) is -1.46. The zero-order valence-corrected chi connectivity index (χ0v) is 30.0. The summed E-state index contributed by atoms with van der Waals surface area (Å²) >= 11 is 0. The van der Waals surface area contributed by atoms with Crippen molar-refractivity contribution in [1.29, 1.82) is 0 Å². The molecule has 4 aromatic carbocycles. The molecule has 7 rings (SSSR count). The first-order valence-electron chi connectivity index (χ1n) is 15.2. The molecule has 0 spiro atoms. The van der Waals surface area contributed by atoms with Crippen LogP contribution in [0.2, 0.25) is 19.6 Å². The molecule has 3 nitrogen and oxygen atoms in total. The zero-order valence-electron chi connectivity index (χ0n) is 26.6. The molecule has 0 aliphatic heterocycles. The number of aromatic nitrogens is 2. The Bertz CT molecular complexity index is 2090. The summed E-state index contributed by atoms with van der Waals surface area (Å²) in [6.07, 6.45) is 3.85. The molecule has 6 heteroatoms. The third-order valence-electron chi connectivity index (χ3n) is 7.89. The van der Waals surface area contributed by atoms with Crippen molar-refractivity contribution in [2.45, 2.75) is 39.4 Å². The van der Waals surface area contributed by atoms with Gasteiger partial charge < -0.3 is 14.4 Å². The van der Waals surface area contributed by atoms with E-state index in [-0.39, 0.29) is 25.9 Å². The van der Waals surface area contributed by atoms with Gasteiger partial charge in [0.05, 0.1) is 13.7 Å². The van der Waals surface area contributed by atoms with Crippen LogP contribution >= 0.6 is 0 Å². The first-order chi connectivity index (χ1) is 21.7. The summed E-state index contributed by atoms with van der Waals surface area (Å²) in [6, 6.07) is 39.9. The fourth-order valence-corrected chi connectivity index (χ4v) is 6.95. The number of para-hydroxylation sites is 1. The van der Waals surface area contributed by atoms with Crippen molar-refractivity contribution in [3.63, 3.8) is 0 Å². The molecule has 0 N–H and O–H groups in total. The second kappa shape index (κ2) is 14.0. The van der Waals surface area contributed by atoms with Gasteiger partial charge in [-0.15, -0.1) is 48.0 Å². The van der Waals surface area contributed by atoms with Gasteiger partial charge in [0, 0.05) is 43.7 Å². The molecule has 1 radical (unpaired) electrons. The van der Waals surface area contributed by atoms with Crippen LogP contribution in [0, 0.1) is 17.9 Å². The minimum atomic E-state index is -1.46. The number of hydrogen-bond donors (Lipinski definition) is 0. The van der Waals surface area contributed by atoms with Crippen molar-refractivity contribution in [1.82, 2.24) is 9.97 Å². The number of hydrogen-bond acceptors (Lipinski definition) is 3. The van der Waals surface area contributed by atoms with Crippen molar-refractivity contribution in [2.24, 2.45) is 0 Å². The Kier molecular flexibility index (Phi) is 10.1. The van der Waals surface area contributed by atoms with Crippen LogP contribution in [0.5, 0.6) is 0 Å². The smallest absolute Gasteiger partial charge is 0.121 e. The summed E-state index contributed by atoms with van der Waals surface area (Å²) in [6.45, 7) is 11.4. The first kappa shape index (κ1) is 33.1. The Morgan fingerprint density at radius 2 is 1.54 bits per heavy atom. The second-order valence-electron chi connectivity index (χ2n) is 12.5. The van der Waals surface area contributed by atoms with E-state index in [1.165, 1.54) is 27.9 Å². The number of furan rings is 1. The van der Waals surface area contributed by atoms with E-state index in [2.05, 4.69) is 99.3 Å². The third-order valence-corrected chi connectivity index (χ3v) is 9.91. The number of nitrogens with zero attached hydrogens (tertiary/aromatic N) is 2. The number of benzene rings is 4. The van der Waals surface area contributed by atoms with Crippen molar-refractivity contribution in [3.8, 4) is 33.6 Å². The molecule has 0 saturated heterocycles. The van der Waals surface area contributed by atoms with E-state index in [4.69, 9.17) is 9.40 Å². The predicted octanol–water partition coefficient (Wildman–Crippen LogP) is 10.5. The minimum absolute atomic E-state index is 0. The van der Waals surface area contributed by atoms with Crippen LogP contribution < -0.4 is 5.19 Å². The Labute approximate surface area is 284 Å². The average molecular weight is 799 g/mol. The third kappa shape index (κ3) is 6.95. The maximum absolute atomic E-state index is 14.3. The molecule has 0 atom stereocenters. The quantitative estimate of drug-likeness (QED) is 0.129. The molecule has 3 aromatic heterocycles. The monoisotopic (exact) mass is 799 g/mol. The zero-order chi connectivity index (χ0) is 31.6. The van der Waals surface area contributed by atoms with Gasteiger partial charge in [-0.2, -0.15) is 0 Å². The average Bonchev–Trinajstić information content (AvgIpc) is 3.46. The molecular weight excluding hydrogens is 764 g/mol. The summed E-state index contributed by atoms with van der Waals surface area (Å²) in [5.74, 6) is 0.0667. The predicted molar refractivity (Wildman–Crippen MR) is 187 cm³/mol. The molecule has 0 amide bonds. The Morgan fingerprint density at radius 3 is 2.26 bits per heavy atom. The van der Waals surface area contributed by atoms with Crippen LogP contribution in [-0.2, 0) is 20.1 Å². The van der Waals surface area contributed by atoms with Crippen molar-refractivity contribution < 1.29 is 28.9 Å². The second-order valence-corrected chi connectivity index (χ2v) is 17.5. The number of pyridine rings is 2. The molecule has 0 bridgehead atoms. The number of halogens is 1. The van der Waals surface area contributed by atoms with Gasteiger partial charge in [0.2, 0.25) is 0 Å². The fraction of sp³-hybridized carbons (Fsp3) is 0.150. The molecule has 0 aliphatic carbocycles. The standard InChI is InChI=1S/C20H15FNO.C20H20NSi.Ir/c1-12(2)13-9-10-22-17(11-13)14-7-8-16(21)19-15-5-3-4-6-18(15)23-20(14)19;1-22(2,3)20-15-21-19(17-12-8-5-9-13-17)14-18(20)16-10-6-4-7-11-16;/h3-6,8-12H,1-2H3;4-12,14-15H,1-3H3;/q2*-1;. The van der Waals surface area contributed by atoms with E-state index in [0.29, 0.717) is 28.0 Å². The van der Waals surface area contributed by atoms with E-state index in [1.54, 1.807) is 6.20 Å². The molecule has 0 saturated carbocycles. The largest absolute Gasteiger partial charge is 0.500 e. The van der Waals surface area contributed by atoms with E-state index < -0.39 is 8.07 Å². The van der Waals surface area contributed by atoms with E-state index in [9.17, 15) is 4.39 Å². The summed E-state index contributed by atoms with van der Waals surface area (Å²) in [5.41, 5.74) is 8.39. The van der Waals surface area contributed by atoms with E-state index in [1.807, 2.05) is 54.6 Å². The first-order valence-corrected chi connectivity index (χ1v) is 18.7. The normalized spacial score (nSPS) is 11.3. The Balaban J connectivity index is 0.000000178. The Morgan fingerprint density at radius 1 is 0.804 bits per heavy atom. The van der Waals surface area contributed by atoms with Gasteiger partial charge in [0.1, 0.15) is 5.58 Å². The SMILES string of the molecule is CC(C)c1ccnc(-c2[c-]cc(F)c3c2oc2ccccc23)c1.C[Si](C)(C)c1cnc(-c2[c-]cccc2)cc1-c1ccccc1.[Ir]. The van der Waals surface area contributed by atoms with E-state index in [0.717, 1.165) is 22.3 Å². The topological polar surface area (TPSA) is 38.9 Å². The van der Waals surface area contributed by atoms with Crippen LogP contribution in [0.1, 0.15) is 25.3 Å². The van der Waals surface area contributed by atoms with Crippen molar-refractivity contribution in [2.75, 3.05) is 0 Å². The molecule has 233 valence electrons. The molecular formula is C40H35FIrN2OSi-2. The van der Waals surface area contributed by atoms with Gasteiger partial charge in [-0.05, 0) is 51.1 Å². The van der Waals surface area contributed by atoms with Gasteiger partial charge in [-0.25, -0.2) is 0 Å². The van der Waals surface area contributed by atoms with Gasteiger partial charge in [-0.3, -0.25) is 4.39 Å². The van der Waals surface area contributed by atoms with Gasteiger partial charge >= 0.3 is 0 Å².